The molecule has 0 radical (unpaired) electrons. The van der Waals surface area contributed by atoms with Crippen LogP contribution in [-0.4, -0.2) is 17.1 Å². The van der Waals surface area contributed by atoms with Gasteiger partial charge in [0.25, 0.3) is 0 Å². The molecule has 0 amide bonds. The second kappa shape index (κ2) is 6.05. The smallest absolute Gasteiger partial charge is 0.326 e. The Morgan fingerprint density at radius 3 is 2.32 bits per heavy atom. The van der Waals surface area contributed by atoms with Crippen molar-refractivity contribution in [2.24, 2.45) is 0 Å². The second-order valence-electron chi connectivity index (χ2n) is 4.59. The number of aryl methyl sites for hydroxylation is 1. The van der Waals surface area contributed by atoms with Gasteiger partial charge in [-0.05, 0) is 24.6 Å². The van der Waals surface area contributed by atoms with Crippen LogP contribution in [0.2, 0.25) is 0 Å². The fourth-order valence-electron chi connectivity index (χ4n) is 1.90. The highest BCUT2D eigenvalue weighted by molar-refractivity contribution is 5.77. The fraction of sp³-hybridized carbons (Fsp3) is 0.188. The maximum atomic E-state index is 11.3. The van der Waals surface area contributed by atoms with Crippen LogP contribution >= 0.6 is 0 Å². The predicted octanol–water partition coefficient (Wildman–Crippen LogP) is 3.10. The number of rotatable bonds is 5. The summed E-state index contributed by atoms with van der Waals surface area (Å²) < 4.78 is 0. The van der Waals surface area contributed by atoms with E-state index < -0.39 is 12.0 Å². The molecule has 0 aliphatic rings. The molecule has 0 aromatic heterocycles. The molecule has 0 saturated heterocycles. The van der Waals surface area contributed by atoms with E-state index >= 15 is 0 Å². The van der Waals surface area contributed by atoms with E-state index in [0.717, 1.165) is 16.8 Å². The van der Waals surface area contributed by atoms with Gasteiger partial charge in [0, 0.05) is 12.1 Å². The molecular weight excluding hydrogens is 238 g/mol. The van der Waals surface area contributed by atoms with Crippen LogP contribution < -0.4 is 5.32 Å². The lowest BCUT2D eigenvalue weighted by atomic mass is 10.1. The highest BCUT2D eigenvalue weighted by Crippen LogP contribution is 2.13. The van der Waals surface area contributed by atoms with Crippen molar-refractivity contribution in [1.82, 2.24) is 0 Å². The van der Waals surface area contributed by atoms with Crippen molar-refractivity contribution >= 4 is 11.7 Å². The van der Waals surface area contributed by atoms with Crippen molar-refractivity contribution in [1.29, 1.82) is 0 Å². The van der Waals surface area contributed by atoms with E-state index in [2.05, 4.69) is 5.32 Å². The fourth-order valence-corrected chi connectivity index (χ4v) is 1.90. The Bertz CT molecular complexity index is 534. The molecule has 3 nitrogen and oxygen atoms in total. The Kier molecular flexibility index (Phi) is 4.18. The average Bonchev–Trinajstić information content (AvgIpc) is 2.41. The van der Waals surface area contributed by atoms with E-state index in [0.29, 0.717) is 6.42 Å². The highest BCUT2D eigenvalue weighted by Gasteiger charge is 2.17. The molecule has 2 aromatic carbocycles. The topological polar surface area (TPSA) is 49.3 Å². The largest absolute Gasteiger partial charge is 0.480 e. The van der Waals surface area contributed by atoms with Crippen LogP contribution in [0.1, 0.15) is 11.1 Å². The Labute approximate surface area is 112 Å². The summed E-state index contributed by atoms with van der Waals surface area (Å²) in [7, 11) is 0. The van der Waals surface area contributed by atoms with Gasteiger partial charge in [-0.25, -0.2) is 4.79 Å². The van der Waals surface area contributed by atoms with Crippen molar-refractivity contribution < 1.29 is 9.90 Å². The molecule has 0 unspecified atom stereocenters. The number of carboxylic acids is 1. The monoisotopic (exact) mass is 255 g/mol. The summed E-state index contributed by atoms with van der Waals surface area (Å²) in [6.45, 7) is 2.00. The summed E-state index contributed by atoms with van der Waals surface area (Å²) >= 11 is 0. The highest BCUT2D eigenvalue weighted by atomic mass is 16.4. The first-order valence-corrected chi connectivity index (χ1v) is 6.25. The first kappa shape index (κ1) is 13.1. The zero-order valence-electron chi connectivity index (χ0n) is 10.8. The van der Waals surface area contributed by atoms with Gasteiger partial charge in [-0.1, -0.05) is 48.0 Å². The molecule has 0 heterocycles. The van der Waals surface area contributed by atoms with Crippen LogP contribution in [0, 0.1) is 6.92 Å². The van der Waals surface area contributed by atoms with Gasteiger partial charge in [-0.2, -0.15) is 0 Å². The van der Waals surface area contributed by atoms with Crippen molar-refractivity contribution in [3.05, 3.63) is 65.7 Å². The number of nitrogens with one attached hydrogen (secondary N) is 1. The molecule has 1 atom stereocenters. The number of hydrogen-bond acceptors (Lipinski definition) is 2. The second-order valence-corrected chi connectivity index (χ2v) is 4.59. The molecule has 0 fully saturated rings. The summed E-state index contributed by atoms with van der Waals surface area (Å²) in [6.07, 6.45) is 0.462. The van der Waals surface area contributed by atoms with Gasteiger partial charge in [0.1, 0.15) is 6.04 Å². The molecule has 0 bridgehead atoms. The number of aliphatic carboxylic acids is 1. The molecule has 2 N–H and O–H groups in total. The van der Waals surface area contributed by atoms with Crippen LogP contribution in [0.5, 0.6) is 0 Å². The summed E-state index contributed by atoms with van der Waals surface area (Å²) in [6, 6.07) is 16.7. The quantitative estimate of drug-likeness (QED) is 0.863. The van der Waals surface area contributed by atoms with Crippen LogP contribution in [-0.2, 0) is 11.2 Å². The van der Waals surface area contributed by atoms with Crippen molar-refractivity contribution in [2.45, 2.75) is 19.4 Å². The summed E-state index contributed by atoms with van der Waals surface area (Å²) in [5.41, 5.74) is 2.99. The maximum absolute atomic E-state index is 11.3. The molecule has 2 aromatic rings. The lowest BCUT2D eigenvalue weighted by Gasteiger charge is -2.16. The number of hydrogen-bond donors (Lipinski definition) is 2. The molecule has 0 spiro atoms. The third-order valence-corrected chi connectivity index (χ3v) is 2.97. The number of benzene rings is 2. The molecule has 0 aliphatic carbocycles. The summed E-state index contributed by atoms with van der Waals surface area (Å²) in [5, 5.41) is 12.3. The number of carboxylic acid groups (broad SMARTS) is 1. The first-order valence-electron chi connectivity index (χ1n) is 6.25. The SMILES string of the molecule is Cc1ccc(N[C@@H](Cc2ccccc2)C(=O)O)cc1. The Morgan fingerprint density at radius 2 is 1.74 bits per heavy atom. The minimum atomic E-state index is -0.843. The first-order chi connectivity index (χ1) is 9.15. The predicted molar refractivity (Wildman–Crippen MR) is 76.4 cm³/mol. The zero-order valence-corrected chi connectivity index (χ0v) is 10.8. The normalized spacial score (nSPS) is 11.8. The standard InChI is InChI=1S/C16H17NO2/c1-12-7-9-14(10-8-12)17-15(16(18)19)11-13-5-3-2-4-6-13/h2-10,15,17H,11H2,1H3,(H,18,19)/t15-/m0/s1. The van der Waals surface area contributed by atoms with E-state index in [1.807, 2.05) is 61.5 Å². The van der Waals surface area contributed by atoms with Gasteiger partial charge in [0.2, 0.25) is 0 Å². The number of anilines is 1. The summed E-state index contributed by atoms with van der Waals surface area (Å²) in [4.78, 5) is 11.3. The van der Waals surface area contributed by atoms with Gasteiger partial charge < -0.3 is 10.4 Å². The molecule has 0 saturated carbocycles. The molecule has 0 aliphatic heterocycles. The Balaban J connectivity index is 2.08. The van der Waals surface area contributed by atoms with Gasteiger partial charge >= 0.3 is 5.97 Å². The lowest BCUT2D eigenvalue weighted by molar-refractivity contribution is -0.137. The molecule has 3 heteroatoms. The van der Waals surface area contributed by atoms with Crippen LogP contribution in [0.15, 0.2) is 54.6 Å². The van der Waals surface area contributed by atoms with Crippen LogP contribution in [0.3, 0.4) is 0 Å². The zero-order chi connectivity index (χ0) is 13.7. The van der Waals surface area contributed by atoms with Gasteiger partial charge in [-0.15, -0.1) is 0 Å². The van der Waals surface area contributed by atoms with Crippen molar-refractivity contribution in [2.75, 3.05) is 5.32 Å². The van der Waals surface area contributed by atoms with Crippen LogP contribution in [0.25, 0.3) is 0 Å². The average molecular weight is 255 g/mol. The third kappa shape index (κ3) is 3.85. The Morgan fingerprint density at radius 1 is 1.11 bits per heavy atom. The van der Waals surface area contributed by atoms with Gasteiger partial charge in [0.05, 0.1) is 0 Å². The van der Waals surface area contributed by atoms with Gasteiger partial charge in [-0.3, -0.25) is 0 Å². The van der Waals surface area contributed by atoms with E-state index in [1.54, 1.807) is 0 Å². The minimum Gasteiger partial charge on any atom is -0.480 e. The van der Waals surface area contributed by atoms with Gasteiger partial charge in [0.15, 0.2) is 0 Å². The molecule has 98 valence electrons. The van der Waals surface area contributed by atoms with E-state index in [1.165, 1.54) is 0 Å². The molecule has 19 heavy (non-hydrogen) atoms. The van der Waals surface area contributed by atoms with E-state index in [-0.39, 0.29) is 0 Å². The van der Waals surface area contributed by atoms with Crippen LogP contribution in [0.4, 0.5) is 5.69 Å². The maximum Gasteiger partial charge on any atom is 0.326 e. The van der Waals surface area contributed by atoms with Crippen molar-refractivity contribution in [3.63, 3.8) is 0 Å². The Hall–Kier alpha value is -2.29. The third-order valence-electron chi connectivity index (χ3n) is 2.97. The summed E-state index contributed by atoms with van der Waals surface area (Å²) in [5.74, 6) is -0.843. The molecular formula is C16H17NO2. The lowest BCUT2D eigenvalue weighted by Crippen LogP contribution is -2.31. The van der Waals surface area contributed by atoms with E-state index in [4.69, 9.17) is 0 Å². The number of carbonyl (C=O) groups is 1. The molecule has 2 rings (SSSR count). The minimum absolute atomic E-state index is 0.462. The van der Waals surface area contributed by atoms with E-state index in [9.17, 15) is 9.90 Å². The van der Waals surface area contributed by atoms with Crippen molar-refractivity contribution in [3.8, 4) is 0 Å².